The highest BCUT2D eigenvalue weighted by Gasteiger charge is 2.28. The molecule has 0 radical (unpaired) electrons. The summed E-state index contributed by atoms with van der Waals surface area (Å²) in [5.41, 5.74) is 8.05. The minimum absolute atomic E-state index is 0.0941. The van der Waals surface area contributed by atoms with Gasteiger partial charge in [0.2, 0.25) is 0 Å². The topological polar surface area (TPSA) is 54.6 Å². The van der Waals surface area contributed by atoms with E-state index in [1.807, 2.05) is 19.1 Å². The van der Waals surface area contributed by atoms with Gasteiger partial charge < -0.3 is 10.5 Å². The van der Waals surface area contributed by atoms with Gasteiger partial charge in [0, 0.05) is 62.6 Å². The summed E-state index contributed by atoms with van der Waals surface area (Å²) in [4.78, 5) is 9.53. The molecule has 5 heteroatoms. The number of nitrogens with zero attached hydrogens (tertiary/aromatic N) is 3. The van der Waals surface area contributed by atoms with E-state index in [9.17, 15) is 0 Å². The third-order valence-electron chi connectivity index (χ3n) is 4.33. The molecule has 1 aromatic heterocycles. The zero-order chi connectivity index (χ0) is 15.5. The summed E-state index contributed by atoms with van der Waals surface area (Å²) in [6.07, 6.45) is 0. The fourth-order valence-corrected chi connectivity index (χ4v) is 2.77. The van der Waals surface area contributed by atoms with Gasteiger partial charge in [0.15, 0.2) is 0 Å². The first-order chi connectivity index (χ1) is 9.94. The second-order valence-electron chi connectivity index (χ2n) is 6.42. The second kappa shape index (κ2) is 6.73. The van der Waals surface area contributed by atoms with Gasteiger partial charge in [0.05, 0.1) is 12.8 Å². The molecule has 0 atom stereocenters. The Morgan fingerprint density at radius 3 is 2.48 bits per heavy atom. The van der Waals surface area contributed by atoms with Crippen molar-refractivity contribution in [3.63, 3.8) is 0 Å². The Hall–Kier alpha value is -1.17. The van der Waals surface area contributed by atoms with Crippen LogP contribution in [0.2, 0.25) is 0 Å². The van der Waals surface area contributed by atoms with E-state index in [1.54, 1.807) is 7.11 Å². The van der Waals surface area contributed by atoms with Crippen LogP contribution in [-0.4, -0.2) is 60.2 Å². The van der Waals surface area contributed by atoms with Crippen LogP contribution in [0.4, 0.5) is 0 Å². The highest BCUT2D eigenvalue weighted by Crippen LogP contribution is 2.18. The molecule has 0 bridgehead atoms. The monoisotopic (exact) mass is 292 g/mol. The first kappa shape index (κ1) is 16.2. The molecule has 21 heavy (non-hydrogen) atoms. The van der Waals surface area contributed by atoms with Gasteiger partial charge in [-0.05, 0) is 20.8 Å². The largest absolute Gasteiger partial charge is 0.497 e. The SMILES string of the molecule is COc1cc(C)nc(CN2CCN(C(C)(C)CN)CC2)c1. The van der Waals surface area contributed by atoms with Crippen molar-refractivity contribution < 1.29 is 4.74 Å². The van der Waals surface area contributed by atoms with Crippen LogP contribution >= 0.6 is 0 Å². The summed E-state index contributed by atoms with van der Waals surface area (Å²) in [6.45, 7) is 12.3. The Bertz CT molecular complexity index is 467. The predicted molar refractivity (Wildman–Crippen MR) is 85.5 cm³/mol. The Balaban J connectivity index is 1.93. The lowest BCUT2D eigenvalue weighted by atomic mass is 10.0. The lowest BCUT2D eigenvalue weighted by Gasteiger charge is -2.43. The first-order valence-electron chi connectivity index (χ1n) is 7.63. The van der Waals surface area contributed by atoms with Gasteiger partial charge in [0.1, 0.15) is 5.75 Å². The van der Waals surface area contributed by atoms with E-state index in [-0.39, 0.29) is 5.54 Å². The quantitative estimate of drug-likeness (QED) is 0.885. The van der Waals surface area contributed by atoms with Crippen molar-refractivity contribution in [3.05, 3.63) is 23.5 Å². The van der Waals surface area contributed by atoms with Crippen molar-refractivity contribution in [1.82, 2.24) is 14.8 Å². The van der Waals surface area contributed by atoms with Gasteiger partial charge in [-0.25, -0.2) is 0 Å². The van der Waals surface area contributed by atoms with Gasteiger partial charge in [-0.15, -0.1) is 0 Å². The fourth-order valence-electron chi connectivity index (χ4n) is 2.77. The van der Waals surface area contributed by atoms with Gasteiger partial charge in [-0.3, -0.25) is 14.8 Å². The Morgan fingerprint density at radius 2 is 1.90 bits per heavy atom. The molecule has 0 aliphatic carbocycles. The molecule has 2 heterocycles. The van der Waals surface area contributed by atoms with Crippen molar-refractivity contribution in [3.8, 4) is 5.75 Å². The Kier molecular flexibility index (Phi) is 5.19. The van der Waals surface area contributed by atoms with Crippen molar-refractivity contribution in [2.24, 2.45) is 5.73 Å². The zero-order valence-electron chi connectivity index (χ0n) is 13.7. The van der Waals surface area contributed by atoms with Gasteiger partial charge in [-0.2, -0.15) is 0 Å². The number of nitrogens with two attached hydrogens (primary N) is 1. The molecule has 1 fully saturated rings. The molecule has 2 N–H and O–H groups in total. The normalized spacial score (nSPS) is 18.0. The van der Waals surface area contributed by atoms with Crippen LogP contribution in [-0.2, 0) is 6.54 Å². The van der Waals surface area contributed by atoms with Crippen molar-refractivity contribution >= 4 is 0 Å². The number of rotatable bonds is 5. The van der Waals surface area contributed by atoms with Crippen LogP contribution in [0.5, 0.6) is 5.75 Å². The van der Waals surface area contributed by atoms with Gasteiger partial charge >= 0.3 is 0 Å². The summed E-state index contributed by atoms with van der Waals surface area (Å²) < 4.78 is 5.32. The van der Waals surface area contributed by atoms with Crippen LogP contribution in [0.1, 0.15) is 25.2 Å². The smallest absolute Gasteiger partial charge is 0.122 e. The van der Waals surface area contributed by atoms with Crippen molar-refractivity contribution in [2.45, 2.75) is 32.9 Å². The standard InChI is InChI=1S/C16H28N4O/c1-13-9-15(21-4)10-14(18-13)11-19-5-7-20(8-6-19)16(2,3)12-17/h9-10H,5-8,11-12,17H2,1-4H3. The molecule has 0 unspecified atom stereocenters. The molecular weight excluding hydrogens is 264 g/mol. The molecule has 0 aromatic carbocycles. The van der Waals surface area contributed by atoms with Crippen LogP contribution in [0.3, 0.4) is 0 Å². The minimum Gasteiger partial charge on any atom is -0.497 e. The third kappa shape index (κ3) is 4.15. The van der Waals surface area contributed by atoms with Crippen LogP contribution in [0.25, 0.3) is 0 Å². The first-order valence-corrected chi connectivity index (χ1v) is 7.63. The molecule has 1 aromatic rings. The highest BCUT2D eigenvalue weighted by molar-refractivity contribution is 5.26. The van der Waals surface area contributed by atoms with Crippen molar-refractivity contribution in [2.75, 3.05) is 39.8 Å². The summed E-state index contributed by atoms with van der Waals surface area (Å²) in [5.74, 6) is 0.889. The number of pyridine rings is 1. The highest BCUT2D eigenvalue weighted by atomic mass is 16.5. The fraction of sp³-hybridized carbons (Fsp3) is 0.688. The predicted octanol–water partition coefficient (Wildman–Crippen LogP) is 1.25. The van der Waals surface area contributed by atoms with E-state index in [2.05, 4.69) is 28.6 Å². The molecule has 1 aliphatic heterocycles. The molecule has 118 valence electrons. The number of aromatic nitrogens is 1. The third-order valence-corrected chi connectivity index (χ3v) is 4.33. The van der Waals surface area contributed by atoms with E-state index >= 15 is 0 Å². The Morgan fingerprint density at radius 1 is 1.24 bits per heavy atom. The lowest BCUT2D eigenvalue weighted by Crippen LogP contribution is -2.57. The summed E-state index contributed by atoms with van der Waals surface area (Å²) in [5, 5.41) is 0. The van der Waals surface area contributed by atoms with Crippen LogP contribution in [0.15, 0.2) is 12.1 Å². The van der Waals surface area contributed by atoms with Gasteiger partial charge in [0.25, 0.3) is 0 Å². The second-order valence-corrected chi connectivity index (χ2v) is 6.42. The van der Waals surface area contributed by atoms with E-state index in [4.69, 9.17) is 10.5 Å². The molecule has 0 amide bonds. The Labute approximate surface area is 128 Å². The number of piperazine rings is 1. The lowest BCUT2D eigenvalue weighted by molar-refractivity contribution is 0.0532. The number of hydrogen-bond donors (Lipinski definition) is 1. The van der Waals surface area contributed by atoms with Gasteiger partial charge in [-0.1, -0.05) is 0 Å². The average Bonchev–Trinajstić information content (AvgIpc) is 2.47. The molecule has 1 saturated heterocycles. The molecule has 2 rings (SSSR count). The molecule has 0 saturated carbocycles. The molecule has 0 spiro atoms. The van der Waals surface area contributed by atoms with E-state index in [0.29, 0.717) is 6.54 Å². The minimum atomic E-state index is 0.0941. The molecular formula is C16H28N4O. The maximum atomic E-state index is 5.86. The van der Waals surface area contributed by atoms with E-state index < -0.39 is 0 Å². The van der Waals surface area contributed by atoms with E-state index in [1.165, 1.54) is 0 Å². The number of methoxy groups -OCH3 is 1. The van der Waals surface area contributed by atoms with Crippen molar-refractivity contribution in [1.29, 1.82) is 0 Å². The number of ether oxygens (including phenoxy) is 1. The maximum absolute atomic E-state index is 5.86. The molecule has 1 aliphatic rings. The van der Waals surface area contributed by atoms with E-state index in [0.717, 1.165) is 49.9 Å². The summed E-state index contributed by atoms with van der Waals surface area (Å²) >= 11 is 0. The molecule has 5 nitrogen and oxygen atoms in total. The number of aryl methyl sites for hydroxylation is 1. The number of hydrogen-bond acceptors (Lipinski definition) is 5. The van der Waals surface area contributed by atoms with Crippen LogP contribution < -0.4 is 10.5 Å². The summed E-state index contributed by atoms with van der Waals surface area (Å²) in [7, 11) is 1.70. The maximum Gasteiger partial charge on any atom is 0.122 e. The summed E-state index contributed by atoms with van der Waals surface area (Å²) in [6, 6.07) is 3.99. The van der Waals surface area contributed by atoms with Crippen LogP contribution in [0, 0.1) is 6.92 Å². The average molecular weight is 292 g/mol. The zero-order valence-corrected chi connectivity index (χ0v) is 13.7.